The zero-order valence-corrected chi connectivity index (χ0v) is 17.4. The monoisotopic (exact) mass is 424 g/mol. The molecule has 0 saturated carbocycles. The quantitative estimate of drug-likeness (QED) is 0.303. The molecule has 140 valence electrons. The maximum absolute atomic E-state index is 13.6. The van der Waals surface area contributed by atoms with Gasteiger partial charge in [0.2, 0.25) is 0 Å². The van der Waals surface area contributed by atoms with Gasteiger partial charge in [-0.3, -0.25) is 9.36 Å². The maximum Gasteiger partial charge on any atom is 0.267 e. The van der Waals surface area contributed by atoms with Gasteiger partial charge in [0.1, 0.15) is 4.83 Å². The number of halogens is 1. The molecule has 2 aromatic carbocycles. The molecule has 28 heavy (non-hydrogen) atoms. The van der Waals surface area contributed by atoms with E-state index in [0.717, 1.165) is 46.1 Å². The van der Waals surface area contributed by atoms with Crippen LogP contribution in [0.15, 0.2) is 64.5 Å². The Balaban J connectivity index is 1.67. The van der Waals surface area contributed by atoms with Crippen molar-refractivity contribution in [3.63, 3.8) is 0 Å². The standard InChI is InChI=1S/C22H17ClN2OS2/c23-15-9-11-16(12-10-15)25-21(26)19-17-7-4-8-18(17)28-20(19)24-22(25)27-13-14-5-2-1-3-6-14/h1-3,5-6,9-12H,4,7-8,13H2. The number of fused-ring (bicyclic) bond motifs is 3. The molecule has 1 aliphatic carbocycles. The van der Waals surface area contributed by atoms with Gasteiger partial charge in [0.05, 0.1) is 11.1 Å². The third kappa shape index (κ3) is 3.17. The first-order chi connectivity index (χ1) is 13.7. The fourth-order valence-electron chi connectivity index (χ4n) is 3.66. The molecule has 0 spiro atoms. The average molecular weight is 425 g/mol. The van der Waals surface area contributed by atoms with Crippen molar-refractivity contribution in [1.29, 1.82) is 0 Å². The SMILES string of the molecule is O=c1c2c3c(sc2nc(SCc2ccccc2)n1-c1ccc(Cl)cc1)CCC3. The van der Waals surface area contributed by atoms with Gasteiger partial charge in [-0.2, -0.15) is 0 Å². The lowest BCUT2D eigenvalue weighted by atomic mass is 10.2. The molecule has 3 nitrogen and oxygen atoms in total. The summed E-state index contributed by atoms with van der Waals surface area (Å²) < 4.78 is 1.75. The molecule has 0 amide bonds. The number of aryl methyl sites for hydroxylation is 2. The van der Waals surface area contributed by atoms with E-state index in [0.29, 0.717) is 5.02 Å². The summed E-state index contributed by atoms with van der Waals surface area (Å²) in [5.74, 6) is 0.761. The van der Waals surface area contributed by atoms with Gasteiger partial charge in [0.25, 0.3) is 5.56 Å². The van der Waals surface area contributed by atoms with Gasteiger partial charge in [-0.1, -0.05) is 53.7 Å². The Morgan fingerprint density at radius 2 is 1.86 bits per heavy atom. The highest BCUT2D eigenvalue weighted by atomic mass is 35.5. The molecular weight excluding hydrogens is 408 g/mol. The van der Waals surface area contributed by atoms with Crippen molar-refractivity contribution in [1.82, 2.24) is 9.55 Å². The first kappa shape index (κ1) is 18.0. The Labute approximate surface area is 176 Å². The van der Waals surface area contributed by atoms with Crippen LogP contribution in [0.2, 0.25) is 5.02 Å². The number of thioether (sulfide) groups is 1. The van der Waals surface area contributed by atoms with E-state index in [1.807, 2.05) is 42.5 Å². The second kappa shape index (κ2) is 7.39. The van der Waals surface area contributed by atoms with E-state index in [9.17, 15) is 4.79 Å². The maximum atomic E-state index is 13.6. The van der Waals surface area contributed by atoms with E-state index in [1.165, 1.54) is 16.0 Å². The Morgan fingerprint density at radius 1 is 1.07 bits per heavy atom. The Morgan fingerprint density at radius 3 is 2.64 bits per heavy atom. The first-order valence-corrected chi connectivity index (χ1v) is 11.4. The summed E-state index contributed by atoms with van der Waals surface area (Å²) in [6.07, 6.45) is 3.16. The van der Waals surface area contributed by atoms with E-state index in [1.54, 1.807) is 27.7 Å². The smallest absolute Gasteiger partial charge is 0.267 e. The predicted octanol–water partition coefficient (Wildman–Crippen LogP) is 5.88. The molecule has 0 bridgehead atoms. The third-order valence-electron chi connectivity index (χ3n) is 5.00. The van der Waals surface area contributed by atoms with Crippen molar-refractivity contribution in [3.8, 4) is 5.69 Å². The number of aromatic nitrogens is 2. The van der Waals surface area contributed by atoms with Crippen molar-refractivity contribution < 1.29 is 0 Å². The minimum absolute atomic E-state index is 0.0299. The number of rotatable bonds is 4. The molecule has 1 aliphatic rings. The fourth-order valence-corrected chi connectivity index (χ4v) is 6.06. The molecule has 0 radical (unpaired) electrons. The second-order valence-electron chi connectivity index (χ2n) is 6.82. The second-order valence-corrected chi connectivity index (χ2v) is 9.29. The highest BCUT2D eigenvalue weighted by Gasteiger charge is 2.23. The van der Waals surface area contributed by atoms with E-state index < -0.39 is 0 Å². The van der Waals surface area contributed by atoms with Gasteiger partial charge in [-0.15, -0.1) is 11.3 Å². The number of hydrogen-bond donors (Lipinski definition) is 0. The summed E-state index contributed by atoms with van der Waals surface area (Å²) in [5, 5.41) is 2.18. The molecule has 0 aliphatic heterocycles. The van der Waals surface area contributed by atoms with Gasteiger partial charge in [-0.05, 0) is 54.7 Å². The van der Waals surface area contributed by atoms with Gasteiger partial charge >= 0.3 is 0 Å². The van der Waals surface area contributed by atoms with Crippen molar-refractivity contribution in [2.24, 2.45) is 0 Å². The number of hydrogen-bond acceptors (Lipinski definition) is 4. The molecule has 0 saturated heterocycles. The molecule has 5 rings (SSSR count). The van der Waals surface area contributed by atoms with Crippen LogP contribution in [-0.4, -0.2) is 9.55 Å². The topological polar surface area (TPSA) is 34.9 Å². The van der Waals surface area contributed by atoms with E-state index >= 15 is 0 Å². The summed E-state index contributed by atoms with van der Waals surface area (Å²) in [6.45, 7) is 0. The number of thiophene rings is 1. The fraction of sp³-hybridized carbons (Fsp3) is 0.182. The minimum Gasteiger partial charge on any atom is -0.268 e. The first-order valence-electron chi connectivity index (χ1n) is 9.20. The van der Waals surface area contributed by atoms with Crippen LogP contribution in [0.5, 0.6) is 0 Å². The summed E-state index contributed by atoms with van der Waals surface area (Å²) in [6, 6.07) is 17.7. The van der Waals surface area contributed by atoms with Crippen molar-refractivity contribution in [2.75, 3.05) is 0 Å². The molecule has 2 heterocycles. The molecule has 4 aromatic rings. The Kier molecular flexibility index (Phi) is 4.75. The van der Waals surface area contributed by atoms with E-state index in [4.69, 9.17) is 16.6 Å². The molecular formula is C22H17ClN2OS2. The Bertz CT molecular complexity index is 1210. The van der Waals surface area contributed by atoms with Crippen LogP contribution in [0.4, 0.5) is 0 Å². The van der Waals surface area contributed by atoms with Crippen LogP contribution in [0.25, 0.3) is 15.9 Å². The lowest BCUT2D eigenvalue weighted by molar-refractivity contribution is 0.820. The lowest BCUT2D eigenvalue weighted by Gasteiger charge is -2.12. The van der Waals surface area contributed by atoms with Crippen molar-refractivity contribution >= 4 is 44.9 Å². The lowest BCUT2D eigenvalue weighted by Crippen LogP contribution is -2.21. The average Bonchev–Trinajstić information content (AvgIpc) is 3.29. The summed E-state index contributed by atoms with van der Waals surface area (Å²) in [4.78, 5) is 20.7. The van der Waals surface area contributed by atoms with E-state index in [-0.39, 0.29) is 5.56 Å². The molecule has 0 unspecified atom stereocenters. The van der Waals surface area contributed by atoms with Gasteiger partial charge in [-0.25, -0.2) is 4.98 Å². The summed E-state index contributed by atoms with van der Waals surface area (Å²) in [7, 11) is 0. The summed E-state index contributed by atoms with van der Waals surface area (Å²) >= 11 is 9.35. The van der Waals surface area contributed by atoms with Crippen LogP contribution < -0.4 is 5.56 Å². The predicted molar refractivity (Wildman–Crippen MR) is 118 cm³/mol. The largest absolute Gasteiger partial charge is 0.268 e. The molecule has 0 N–H and O–H groups in total. The summed E-state index contributed by atoms with van der Waals surface area (Å²) in [5.41, 5.74) is 3.25. The minimum atomic E-state index is 0.0299. The van der Waals surface area contributed by atoms with Gasteiger partial charge < -0.3 is 0 Å². The zero-order valence-electron chi connectivity index (χ0n) is 15.0. The highest BCUT2D eigenvalue weighted by molar-refractivity contribution is 7.98. The van der Waals surface area contributed by atoms with E-state index in [2.05, 4.69) is 12.1 Å². The van der Waals surface area contributed by atoms with Crippen molar-refractivity contribution in [2.45, 2.75) is 30.2 Å². The van der Waals surface area contributed by atoms with Gasteiger partial charge in [0, 0.05) is 15.7 Å². The number of nitrogens with zero attached hydrogens (tertiary/aromatic N) is 2. The van der Waals surface area contributed by atoms with Crippen LogP contribution in [0.1, 0.15) is 22.4 Å². The number of benzene rings is 2. The van der Waals surface area contributed by atoms with Crippen LogP contribution in [-0.2, 0) is 18.6 Å². The highest BCUT2D eigenvalue weighted by Crippen LogP contribution is 2.36. The third-order valence-corrected chi connectivity index (χ3v) is 7.45. The molecule has 0 fully saturated rings. The molecule has 6 heteroatoms. The normalized spacial score (nSPS) is 13.2. The van der Waals surface area contributed by atoms with Crippen molar-refractivity contribution in [3.05, 3.63) is 86.0 Å². The Hall–Kier alpha value is -2.08. The molecule has 2 aromatic heterocycles. The van der Waals surface area contributed by atoms with Crippen LogP contribution in [0, 0.1) is 0 Å². The molecule has 0 atom stereocenters. The zero-order chi connectivity index (χ0) is 19.1. The van der Waals surface area contributed by atoms with Gasteiger partial charge in [0.15, 0.2) is 5.16 Å². The van der Waals surface area contributed by atoms with Crippen LogP contribution >= 0.6 is 34.7 Å². The van der Waals surface area contributed by atoms with Crippen LogP contribution in [0.3, 0.4) is 0 Å².